The van der Waals surface area contributed by atoms with Crippen LogP contribution in [0.4, 0.5) is 0 Å². The van der Waals surface area contributed by atoms with E-state index >= 15 is 0 Å². The Morgan fingerprint density at radius 3 is 2.64 bits per heavy atom. The Hall–Kier alpha value is -1.70. The van der Waals surface area contributed by atoms with Crippen molar-refractivity contribution in [2.45, 2.75) is 69.1 Å². The van der Waals surface area contributed by atoms with Crippen LogP contribution in [-0.4, -0.2) is 52.4 Å². The summed E-state index contributed by atoms with van der Waals surface area (Å²) in [6.45, 7) is 5.62. The zero-order valence-electron chi connectivity index (χ0n) is 16.8. The maximum absolute atomic E-state index is 12.9. The largest absolute Gasteiger partial charge is 0.395 e. The van der Waals surface area contributed by atoms with E-state index in [0.29, 0.717) is 13.1 Å². The highest BCUT2D eigenvalue weighted by molar-refractivity contribution is 7.91. The Labute approximate surface area is 168 Å². The lowest BCUT2D eigenvalue weighted by atomic mass is 10.0. The number of imidazole rings is 1. The van der Waals surface area contributed by atoms with Crippen molar-refractivity contribution in [3.63, 3.8) is 0 Å². The van der Waals surface area contributed by atoms with Crippen molar-refractivity contribution in [1.29, 1.82) is 0 Å². The minimum absolute atomic E-state index is 0.134. The predicted molar refractivity (Wildman–Crippen MR) is 110 cm³/mol. The number of aryl methyl sites for hydroxylation is 1. The Morgan fingerprint density at radius 2 is 1.96 bits per heavy atom. The number of nitrogens with zero attached hydrogens (tertiary/aromatic N) is 3. The molecule has 3 rings (SSSR count). The van der Waals surface area contributed by atoms with Crippen molar-refractivity contribution < 1.29 is 13.5 Å². The van der Waals surface area contributed by atoms with Crippen LogP contribution in [0.3, 0.4) is 0 Å². The molecule has 2 heterocycles. The number of hydrogen-bond acceptors (Lipinski definition) is 5. The molecule has 1 saturated heterocycles. The van der Waals surface area contributed by atoms with Gasteiger partial charge in [-0.15, -0.1) is 0 Å². The van der Waals surface area contributed by atoms with Crippen LogP contribution < -0.4 is 0 Å². The van der Waals surface area contributed by atoms with E-state index in [-0.39, 0.29) is 17.8 Å². The summed E-state index contributed by atoms with van der Waals surface area (Å²) in [5, 5.41) is 9.35. The molecule has 6 nitrogen and oxygen atoms in total. The number of sulfone groups is 1. The van der Waals surface area contributed by atoms with Crippen LogP contribution >= 0.6 is 0 Å². The van der Waals surface area contributed by atoms with E-state index in [9.17, 15) is 13.5 Å². The van der Waals surface area contributed by atoms with E-state index in [1.54, 1.807) is 20.0 Å². The molecule has 1 aliphatic heterocycles. The second-order valence-corrected chi connectivity index (χ2v) is 10.2. The van der Waals surface area contributed by atoms with Gasteiger partial charge in [-0.05, 0) is 45.2 Å². The first-order valence-corrected chi connectivity index (χ1v) is 11.6. The minimum atomic E-state index is -3.47. The molecule has 0 radical (unpaired) electrons. The van der Waals surface area contributed by atoms with Crippen molar-refractivity contribution in [1.82, 2.24) is 14.5 Å². The summed E-state index contributed by atoms with van der Waals surface area (Å²) in [5.74, 6) is 0. The second kappa shape index (κ2) is 9.20. The van der Waals surface area contributed by atoms with Gasteiger partial charge in [0.25, 0.3) is 0 Å². The first-order chi connectivity index (χ1) is 13.4. The summed E-state index contributed by atoms with van der Waals surface area (Å²) in [6, 6.07) is 10.2. The summed E-state index contributed by atoms with van der Waals surface area (Å²) < 4.78 is 27.6. The van der Waals surface area contributed by atoms with E-state index in [1.165, 1.54) is 5.56 Å². The van der Waals surface area contributed by atoms with Crippen LogP contribution in [0.5, 0.6) is 0 Å². The van der Waals surface area contributed by atoms with Crippen molar-refractivity contribution in [3.05, 3.63) is 47.8 Å². The van der Waals surface area contributed by atoms with E-state index in [0.717, 1.165) is 37.9 Å². The summed E-state index contributed by atoms with van der Waals surface area (Å²) in [5.41, 5.74) is 2.07. The van der Waals surface area contributed by atoms with Crippen molar-refractivity contribution in [3.8, 4) is 0 Å². The average Bonchev–Trinajstić information content (AvgIpc) is 3.10. The van der Waals surface area contributed by atoms with Crippen LogP contribution in [0.25, 0.3) is 0 Å². The molecule has 28 heavy (non-hydrogen) atoms. The molecule has 1 N–H and O–H groups in total. The molecular formula is C21H31N3O3S. The van der Waals surface area contributed by atoms with Crippen LogP contribution in [0.1, 0.15) is 44.4 Å². The fourth-order valence-electron chi connectivity index (χ4n) is 3.76. The van der Waals surface area contributed by atoms with E-state index in [2.05, 4.69) is 22.0 Å². The highest BCUT2D eigenvalue weighted by Gasteiger charge is 2.28. The fraction of sp³-hybridized carbons (Fsp3) is 0.571. The second-order valence-electron chi connectivity index (χ2n) is 7.82. The summed E-state index contributed by atoms with van der Waals surface area (Å²) in [4.78, 5) is 6.58. The van der Waals surface area contributed by atoms with Gasteiger partial charge in [-0.25, -0.2) is 13.4 Å². The highest BCUT2D eigenvalue weighted by Crippen LogP contribution is 2.23. The molecule has 154 valence electrons. The molecule has 0 bridgehead atoms. The zero-order valence-corrected chi connectivity index (χ0v) is 17.6. The molecule has 0 saturated carbocycles. The Bertz CT molecular complexity index is 862. The van der Waals surface area contributed by atoms with Gasteiger partial charge in [0.2, 0.25) is 15.0 Å². The lowest BCUT2D eigenvalue weighted by molar-refractivity contribution is 0.0819. The molecule has 7 heteroatoms. The maximum atomic E-state index is 12.9. The maximum Gasteiger partial charge on any atom is 0.228 e. The van der Waals surface area contributed by atoms with Gasteiger partial charge < -0.3 is 9.67 Å². The SMILES string of the molecule is CC(C)S(=O)(=O)c1ncc(CN2CCCC[C@@H]2CO)n1CCc1ccccc1. The van der Waals surface area contributed by atoms with Gasteiger partial charge >= 0.3 is 0 Å². The summed E-state index contributed by atoms with van der Waals surface area (Å²) >= 11 is 0. The molecule has 1 aliphatic rings. The first kappa shape index (κ1) is 21.0. The topological polar surface area (TPSA) is 75.4 Å². The molecule has 2 aromatic rings. The normalized spacial score (nSPS) is 18.6. The lowest BCUT2D eigenvalue weighted by Gasteiger charge is -2.34. The number of aromatic nitrogens is 2. The van der Waals surface area contributed by atoms with Gasteiger partial charge in [0.05, 0.1) is 23.7 Å². The predicted octanol–water partition coefficient (Wildman–Crippen LogP) is 2.65. The van der Waals surface area contributed by atoms with Gasteiger partial charge in [-0.1, -0.05) is 36.8 Å². The molecule has 1 aromatic heterocycles. The third-order valence-corrected chi connectivity index (χ3v) is 7.64. The number of piperidine rings is 1. The lowest BCUT2D eigenvalue weighted by Crippen LogP contribution is -2.41. The van der Waals surface area contributed by atoms with Crippen LogP contribution in [0.15, 0.2) is 41.7 Å². The van der Waals surface area contributed by atoms with Gasteiger partial charge in [0.1, 0.15) is 0 Å². The van der Waals surface area contributed by atoms with Crippen LogP contribution in [0, 0.1) is 0 Å². The molecular weight excluding hydrogens is 374 g/mol. The molecule has 0 aliphatic carbocycles. The number of benzene rings is 1. The third-order valence-electron chi connectivity index (χ3n) is 5.57. The van der Waals surface area contributed by atoms with Gasteiger partial charge in [-0.2, -0.15) is 0 Å². The molecule has 0 spiro atoms. The van der Waals surface area contributed by atoms with E-state index in [4.69, 9.17) is 0 Å². The van der Waals surface area contributed by atoms with Gasteiger partial charge in [-0.3, -0.25) is 4.90 Å². The molecule has 1 fully saturated rings. The number of rotatable bonds is 8. The number of aliphatic hydroxyl groups excluding tert-OH is 1. The van der Waals surface area contributed by atoms with Crippen LogP contribution in [0.2, 0.25) is 0 Å². The van der Waals surface area contributed by atoms with Crippen molar-refractivity contribution in [2.24, 2.45) is 0 Å². The van der Waals surface area contributed by atoms with E-state index in [1.807, 2.05) is 22.8 Å². The number of hydrogen-bond donors (Lipinski definition) is 1. The smallest absolute Gasteiger partial charge is 0.228 e. The average molecular weight is 406 g/mol. The zero-order chi connectivity index (χ0) is 20.1. The summed E-state index contributed by atoms with van der Waals surface area (Å²) in [7, 11) is -3.47. The first-order valence-electron chi connectivity index (χ1n) is 10.1. The Balaban J connectivity index is 1.89. The molecule has 1 atom stereocenters. The third kappa shape index (κ3) is 4.64. The standard InChI is InChI=1S/C21H31N3O3S/c1-17(2)28(26,27)21-22-14-20(15-23-12-7-6-10-19(23)16-25)24(21)13-11-18-8-4-3-5-9-18/h3-5,8-9,14,17,19,25H,6-7,10-13,15-16H2,1-2H3/t19-/m1/s1. The quantitative estimate of drug-likeness (QED) is 0.731. The van der Waals surface area contributed by atoms with Gasteiger partial charge in [0.15, 0.2) is 0 Å². The number of aliphatic hydroxyl groups is 1. The fourth-order valence-corrected chi connectivity index (χ4v) is 4.90. The molecule has 0 amide bonds. The Kier molecular flexibility index (Phi) is 6.91. The van der Waals surface area contributed by atoms with E-state index < -0.39 is 15.1 Å². The molecule has 0 unspecified atom stereocenters. The van der Waals surface area contributed by atoms with Crippen molar-refractivity contribution >= 4 is 9.84 Å². The minimum Gasteiger partial charge on any atom is -0.395 e. The highest BCUT2D eigenvalue weighted by atomic mass is 32.2. The Morgan fingerprint density at radius 1 is 1.21 bits per heavy atom. The van der Waals surface area contributed by atoms with Crippen molar-refractivity contribution in [2.75, 3.05) is 13.2 Å². The van der Waals surface area contributed by atoms with Gasteiger partial charge in [0, 0.05) is 19.1 Å². The monoisotopic (exact) mass is 405 g/mol. The summed E-state index contributed by atoms with van der Waals surface area (Å²) in [6.07, 6.45) is 5.65. The number of likely N-dealkylation sites (tertiary alicyclic amines) is 1. The van der Waals surface area contributed by atoms with Crippen LogP contribution in [-0.2, 0) is 29.3 Å². The molecule has 1 aromatic carbocycles.